The Kier molecular flexibility index (Phi) is 7.23. The van der Waals surface area contributed by atoms with Gasteiger partial charge in [-0.1, -0.05) is 32.9 Å². The van der Waals surface area contributed by atoms with Gasteiger partial charge in [-0.05, 0) is 37.0 Å². The molecule has 0 bridgehead atoms. The van der Waals surface area contributed by atoms with Gasteiger partial charge in [0.25, 0.3) is 0 Å². The Morgan fingerprint density at radius 2 is 1.81 bits per heavy atom. The maximum atomic E-state index is 10.0. The van der Waals surface area contributed by atoms with E-state index in [-0.39, 0.29) is 17.4 Å². The zero-order chi connectivity index (χ0) is 19.6. The van der Waals surface area contributed by atoms with E-state index in [0.29, 0.717) is 5.92 Å². The van der Waals surface area contributed by atoms with E-state index in [9.17, 15) is 25.5 Å². The molecule has 26 heavy (non-hydrogen) atoms. The fourth-order valence-corrected chi connectivity index (χ4v) is 4.34. The van der Waals surface area contributed by atoms with E-state index in [2.05, 4.69) is 26.8 Å². The smallest absolute Gasteiger partial charge is 0.187 e. The third-order valence-corrected chi connectivity index (χ3v) is 5.71. The van der Waals surface area contributed by atoms with E-state index in [1.807, 2.05) is 6.08 Å². The van der Waals surface area contributed by atoms with Gasteiger partial charge in [-0.2, -0.15) is 0 Å². The first-order valence-corrected chi connectivity index (χ1v) is 9.39. The molecule has 0 aromatic carbocycles. The van der Waals surface area contributed by atoms with Crippen molar-refractivity contribution in [3.63, 3.8) is 0 Å². The van der Waals surface area contributed by atoms with Gasteiger partial charge in [-0.15, -0.1) is 0 Å². The van der Waals surface area contributed by atoms with Crippen LogP contribution < -0.4 is 0 Å². The molecule has 2 aliphatic rings. The molecule has 0 radical (unpaired) electrons. The first kappa shape index (κ1) is 21.8. The lowest BCUT2D eigenvalue weighted by Gasteiger charge is -2.44. The van der Waals surface area contributed by atoms with Crippen LogP contribution in [0.4, 0.5) is 0 Å². The summed E-state index contributed by atoms with van der Waals surface area (Å²) in [5.41, 5.74) is -0.0313. The predicted molar refractivity (Wildman–Crippen MR) is 95.1 cm³/mol. The molecule has 1 aliphatic heterocycles. The Morgan fingerprint density at radius 1 is 1.15 bits per heavy atom. The van der Waals surface area contributed by atoms with Crippen molar-refractivity contribution in [1.82, 2.24) is 0 Å². The summed E-state index contributed by atoms with van der Waals surface area (Å²) in [5.74, 6) is 0.621. The third-order valence-electron chi connectivity index (χ3n) is 5.71. The van der Waals surface area contributed by atoms with Crippen molar-refractivity contribution < 1.29 is 35.0 Å². The molecule has 1 aliphatic carbocycles. The maximum Gasteiger partial charge on any atom is 0.187 e. The van der Waals surface area contributed by atoms with Crippen LogP contribution in [-0.2, 0) is 9.47 Å². The minimum atomic E-state index is -1.44. The predicted octanol–water partition coefficient (Wildman–Crippen LogP) is 0.181. The molecule has 152 valence electrons. The lowest BCUT2D eigenvalue weighted by atomic mass is 9.63. The molecule has 1 saturated carbocycles. The van der Waals surface area contributed by atoms with Crippen molar-refractivity contribution in [2.75, 3.05) is 6.61 Å². The number of aliphatic hydroxyl groups excluding tert-OH is 5. The summed E-state index contributed by atoms with van der Waals surface area (Å²) in [6, 6.07) is 0. The van der Waals surface area contributed by atoms with E-state index >= 15 is 0 Å². The Morgan fingerprint density at radius 3 is 2.38 bits per heavy atom. The van der Waals surface area contributed by atoms with E-state index in [1.165, 1.54) is 0 Å². The quantitative estimate of drug-likeness (QED) is 0.436. The summed E-state index contributed by atoms with van der Waals surface area (Å²) >= 11 is 0. The van der Waals surface area contributed by atoms with Crippen molar-refractivity contribution in [1.29, 1.82) is 0 Å². The summed E-state index contributed by atoms with van der Waals surface area (Å²) in [7, 11) is 0. The number of aliphatic hydroxyl groups is 5. The van der Waals surface area contributed by atoms with Crippen molar-refractivity contribution >= 4 is 0 Å². The molecule has 7 nitrogen and oxygen atoms in total. The van der Waals surface area contributed by atoms with Gasteiger partial charge in [0.2, 0.25) is 0 Å². The van der Waals surface area contributed by atoms with Gasteiger partial charge in [-0.3, -0.25) is 0 Å². The van der Waals surface area contributed by atoms with Crippen LogP contribution in [0.5, 0.6) is 0 Å². The van der Waals surface area contributed by atoms with Crippen molar-refractivity contribution in [2.24, 2.45) is 17.3 Å². The van der Waals surface area contributed by atoms with Crippen LogP contribution in [0.15, 0.2) is 12.2 Å². The summed E-state index contributed by atoms with van der Waals surface area (Å²) in [5, 5.41) is 48.9. The number of rotatable bonds is 5. The van der Waals surface area contributed by atoms with E-state index < -0.39 is 43.4 Å². The largest absolute Gasteiger partial charge is 0.394 e. The SMILES string of the molecule is C[C@H](/C=C/[C@H]1[C@H](C)C[C@H](O)CC1(C)C)O[C@@H]1O[C@H](CO)[C@@H](O)[C@H](O)[C@H]1O. The molecule has 0 unspecified atom stereocenters. The fourth-order valence-electron chi connectivity index (χ4n) is 4.34. The van der Waals surface area contributed by atoms with Crippen molar-refractivity contribution in [3.8, 4) is 0 Å². The number of hydrogen-bond donors (Lipinski definition) is 5. The van der Waals surface area contributed by atoms with Crippen LogP contribution in [0.1, 0.15) is 40.5 Å². The normalized spacial score (nSPS) is 45.0. The van der Waals surface area contributed by atoms with E-state index in [1.54, 1.807) is 6.92 Å². The second-order valence-electron chi connectivity index (χ2n) is 8.51. The minimum absolute atomic E-state index is 0.0313. The standard InChI is InChI=1S/C19H34O7/c1-10-7-12(21)8-19(3,4)13(10)6-5-11(2)25-18-17(24)16(23)15(22)14(9-20)26-18/h5-6,10-18,20-24H,7-9H2,1-4H3/b6-5+/t10-,11-,12+,13+,14-,15-,16+,17-,18-/m1/s1. The second kappa shape index (κ2) is 8.65. The molecule has 1 saturated heterocycles. The molecular weight excluding hydrogens is 340 g/mol. The Hall–Kier alpha value is -0.540. The lowest BCUT2D eigenvalue weighted by Crippen LogP contribution is -2.59. The van der Waals surface area contributed by atoms with Crippen LogP contribution in [0.3, 0.4) is 0 Å². The molecule has 1 heterocycles. The monoisotopic (exact) mass is 374 g/mol. The Labute approximate surface area is 155 Å². The topological polar surface area (TPSA) is 120 Å². The van der Waals surface area contributed by atoms with Crippen molar-refractivity contribution in [3.05, 3.63) is 12.2 Å². The fraction of sp³-hybridized carbons (Fsp3) is 0.895. The first-order chi connectivity index (χ1) is 12.1. The second-order valence-corrected chi connectivity index (χ2v) is 8.51. The summed E-state index contributed by atoms with van der Waals surface area (Å²) in [6.45, 7) is 7.73. The lowest BCUT2D eigenvalue weighted by molar-refractivity contribution is -0.306. The average Bonchev–Trinajstić information content (AvgIpc) is 2.53. The van der Waals surface area contributed by atoms with Crippen molar-refractivity contribution in [2.45, 2.75) is 83.5 Å². The van der Waals surface area contributed by atoms with Crippen LogP contribution in [0.25, 0.3) is 0 Å². The van der Waals surface area contributed by atoms with Gasteiger partial charge in [0, 0.05) is 0 Å². The first-order valence-electron chi connectivity index (χ1n) is 9.39. The highest BCUT2D eigenvalue weighted by molar-refractivity contribution is 5.03. The molecular formula is C19H34O7. The molecule has 5 N–H and O–H groups in total. The molecule has 2 fully saturated rings. The maximum absolute atomic E-state index is 10.0. The summed E-state index contributed by atoms with van der Waals surface area (Å²) in [6.07, 6.45) is -1.53. The molecule has 0 spiro atoms. The number of hydrogen-bond acceptors (Lipinski definition) is 7. The number of ether oxygens (including phenoxy) is 2. The average molecular weight is 374 g/mol. The van der Waals surface area contributed by atoms with Crippen LogP contribution >= 0.6 is 0 Å². The highest BCUT2D eigenvalue weighted by Gasteiger charge is 2.44. The van der Waals surface area contributed by atoms with Gasteiger partial charge in [-0.25, -0.2) is 0 Å². The Balaban J connectivity index is 1.99. The van der Waals surface area contributed by atoms with Gasteiger partial charge in [0.05, 0.1) is 18.8 Å². The highest BCUT2D eigenvalue weighted by atomic mass is 16.7. The molecule has 2 rings (SSSR count). The van der Waals surface area contributed by atoms with Gasteiger partial charge in [0.15, 0.2) is 6.29 Å². The molecule has 7 heteroatoms. The highest BCUT2D eigenvalue weighted by Crippen LogP contribution is 2.44. The van der Waals surface area contributed by atoms with E-state index in [4.69, 9.17) is 9.47 Å². The van der Waals surface area contributed by atoms with Crippen LogP contribution in [0, 0.1) is 17.3 Å². The zero-order valence-corrected chi connectivity index (χ0v) is 16.0. The minimum Gasteiger partial charge on any atom is -0.394 e. The molecule has 0 aromatic heterocycles. The molecule has 9 atom stereocenters. The zero-order valence-electron chi connectivity index (χ0n) is 16.0. The van der Waals surface area contributed by atoms with Gasteiger partial charge in [0.1, 0.15) is 24.4 Å². The molecule has 0 aromatic rings. The third kappa shape index (κ3) is 4.84. The van der Waals surface area contributed by atoms with Gasteiger partial charge < -0.3 is 35.0 Å². The van der Waals surface area contributed by atoms with Crippen LogP contribution in [-0.4, -0.2) is 75.1 Å². The summed E-state index contributed by atoms with van der Waals surface area (Å²) < 4.78 is 11.0. The van der Waals surface area contributed by atoms with Crippen LogP contribution in [0.2, 0.25) is 0 Å². The van der Waals surface area contributed by atoms with Gasteiger partial charge >= 0.3 is 0 Å². The number of allylic oxidation sites excluding steroid dienone is 1. The summed E-state index contributed by atoms with van der Waals surface area (Å²) in [4.78, 5) is 0. The van der Waals surface area contributed by atoms with E-state index in [0.717, 1.165) is 12.8 Å². The molecule has 0 amide bonds. The Bertz CT molecular complexity index is 479.